The van der Waals surface area contributed by atoms with Crippen LogP contribution in [-0.4, -0.2) is 19.3 Å². The Morgan fingerprint density at radius 3 is 2.00 bits per heavy atom. The highest BCUT2D eigenvalue weighted by Gasteiger charge is 2.39. The number of hydrogen-bond donors (Lipinski definition) is 0. The summed E-state index contributed by atoms with van der Waals surface area (Å²) in [6.45, 7) is 2.39. The predicted octanol–water partition coefficient (Wildman–Crippen LogP) is 8.07. The summed E-state index contributed by atoms with van der Waals surface area (Å²) in [4.78, 5) is 0.289. The fourth-order valence-electron chi connectivity index (χ4n) is 5.92. The lowest BCUT2D eigenvalue weighted by molar-refractivity contribution is 0.382. The van der Waals surface area contributed by atoms with Crippen LogP contribution in [0, 0.1) is 6.92 Å². The lowest BCUT2D eigenvalue weighted by Gasteiger charge is -2.28. The summed E-state index contributed by atoms with van der Waals surface area (Å²) >= 11 is 0. The van der Waals surface area contributed by atoms with Gasteiger partial charge in [0.1, 0.15) is 11.5 Å². The minimum Gasteiger partial charge on any atom is -0.459 e. The van der Waals surface area contributed by atoms with Crippen LogP contribution < -0.4 is 0 Å². The molecule has 2 heterocycles. The van der Waals surface area contributed by atoms with E-state index < -0.39 is 10.0 Å². The van der Waals surface area contributed by atoms with Crippen LogP contribution in [0.2, 0.25) is 0 Å². The molecule has 0 bridgehead atoms. The molecule has 2 aliphatic rings. The summed E-state index contributed by atoms with van der Waals surface area (Å²) in [6.07, 6.45) is 4.45. The molecule has 0 spiro atoms. The van der Waals surface area contributed by atoms with Crippen LogP contribution in [0.3, 0.4) is 0 Å². The third-order valence-corrected chi connectivity index (χ3v) is 9.76. The second kappa shape index (κ2) is 10.2. The van der Waals surface area contributed by atoms with Crippen molar-refractivity contribution in [3.63, 3.8) is 0 Å². The molecule has 1 atom stereocenters. The maximum absolute atomic E-state index is 13.9. The molecule has 0 saturated heterocycles. The quantitative estimate of drug-likeness (QED) is 0.220. The Balaban J connectivity index is 1.47. The van der Waals surface area contributed by atoms with Gasteiger partial charge in [0.05, 0.1) is 11.4 Å². The van der Waals surface area contributed by atoms with Gasteiger partial charge in [0.25, 0.3) is 0 Å². The molecule has 41 heavy (non-hydrogen) atoms. The Labute approximate surface area is 241 Å². The minimum atomic E-state index is -3.76. The molecular weight excluding hydrogens is 526 g/mol. The van der Waals surface area contributed by atoms with Gasteiger partial charge in [-0.05, 0) is 47.4 Å². The van der Waals surface area contributed by atoms with Gasteiger partial charge in [0.2, 0.25) is 10.0 Å². The van der Waals surface area contributed by atoms with Crippen LogP contribution in [0.1, 0.15) is 39.5 Å². The smallest absolute Gasteiger partial charge is 0.243 e. The number of nitrogens with zero attached hydrogens (tertiary/aromatic N) is 1. The first kappa shape index (κ1) is 25.5. The average Bonchev–Trinajstić information content (AvgIpc) is 3.31. The number of sulfonamides is 1. The van der Waals surface area contributed by atoms with Gasteiger partial charge in [-0.1, -0.05) is 115 Å². The predicted molar refractivity (Wildman–Crippen MR) is 164 cm³/mol. The first-order chi connectivity index (χ1) is 20.0. The largest absolute Gasteiger partial charge is 0.459 e. The summed E-state index contributed by atoms with van der Waals surface area (Å²) < 4.78 is 36.0. The van der Waals surface area contributed by atoms with E-state index in [1.54, 1.807) is 16.4 Å². The van der Waals surface area contributed by atoms with Crippen molar-refractivity contribution in [1.29, 1.82) is 0 Å². The second-order valence-electron chi connectivity index (χ2n) is 10.6. The van der Waals surface area contributed by atoms with Crippen LogP contribution in [0.4, 0.5) is 0 Å². The lowest BCUT2D eigenvalue weighted by Crippen LogP contribution is -2.35. The summed E-state index contributed by atoms with van der Waals surface area (Å²) in [6, 6.07) is 37.9. The molecule has 4 aromatic carbocycles. The first-order valence-corrected chi connectivity index (χ1v) is 15.2. The zero-order valence-corrected chi connectivity index (χ0v) is 23.5. The monoisotopic (exact) mass is 555 g/mol. The maximum atomic E-state index is 13.9. The highest BCUT2D eigenvalue weighted by molar-refractivity contribution is 7.89. The van der Waals surface area contributed by atoms with Gasteiger partial charge < -0.3 is 4.42 Å². The second-order valence-corrected chi connectivity index (χ2v) is 12.6. The maximum Gasteiger partial charge on any atom is 0.243 e. The molecule has 4 nitrogen and oxygen atoms in total. The first-order valence-electron chi connectivity index (χ1n) is 13.8. The van der Waals surface area contributed by atoms with Crippen molar-refractivity contribution in [3.05, 3.63) is 161 Å². The van der Waals surface area contributed by atoms with E-state index in [1.807, 2.05) is 61.5 Å². The van der Waals surface area contributed by atoms with E-state index in [0.717, 1.165) is 50.3 Å². The van der Waals surface area contributed by atoms with Crippen molar-refractivity contribution in [2.75, 3.05) is 6.54 Å². The van der Waals surface area contributed by atoms with E-state index in [-0.39, 0.29) is 23.9 Å². The Kier molecular flexibility index (Phi) is 6.34. The number of rotatable bonds is 5. The number of allylic oxidation sites excluding steroid dienone is 3. The molecule has 1 aromatic heterocycles. The molecule has 5 aromatic rings. The molecule has 0 fully saturated rings. The highest BCUT2D eigenvalue weighted by atomic mass is 32.2. The molecule has 202 valence electrons. The van der Waals surface area contributed by atoms with Gasteiger partial charge in [-0.15, -0.1) is 0 Å². The molecule has 0 saturated carbocycles. The zero-order chi connectivity index (χ0) is 28.0. The molecule has 1 aliphatic heterocycles. The van der Waals surface area contributed by atoms with E-state index >= 15 is 0 Å². The third kappa shape index (κ3) is 4.57. The molecule has 0 amide bonds. The van der Waals surface area contributed by atoms with Gasteiger partial charge in [-0.25, -0.2) is 8.42 Å². The zero-order valence-electron chi connectivity index (χ0n) is 22.7. The Bertz CT molecular complexity index is 1890. The molecule has 1 aliphatic carbocycles. The van der Waals surface area contributed by atoms with Crippen molar-refractivity contribution in [2.24, 2.45) is 0 Å². The summed E-state index contributed by atoms with van der Waals surface area (Å²) in [5.74, 6) is 1.38. The molecule has 0 radical (unpaired) electrons. The number of hydrogen-bond acceptors (Lipinski definition) is 3. The summed E-state index contributed by atoms with van der Waals surface area (Å²) in [5, 5.41) is 0. The average molecular weight is 556 g/mol. The van der Waals surface area contributed by atoms with E-state index in [9.17, 15) is 8.42 Å². The van der Waals surface area contributed by atoms with Gasteiger partial charge in [-0.2, -0.15) is 4.31 Å². The molecular formula is C36H29NO3S. The summed E-state index contributed by atoms with van der Waals surface area (Å²) in [5.41, 5.74) is 8.35. The Morgan fingerprint density at radius 1 is 0.732 bits per heavy atom. The normalized spacial score (nSPS) is 16.9. The highest BCUT2D eigenvalue weighted by Crippen LogP contribution is 2.49. The van der Waals surface area contributed by atoms with Crippen molar-refractivity contribution in [2.45, 2.75) is 24.3 Å². The fraction of sp³-hybridized carbons (Fsp3) is 0.111. The van der Waals surface area contributed by atoms with Crippen molar-refractivity contribution < 1.29 is 12.8 Å². The van der Waals surface area contributed by atoms with Gasteiger partial charge in [0.15, 0.2) is 0 Å². The van der Waals surface area contributed by atoms with Crippen LogP contribution in [0.25, 0.3) is 22.5 Å². The SMILES string of the molecule is Cc1ccc(S(=O)(=O)N2CC3=CC(c4ccccc4)=CC(c4ccccc4)c4c(-c5ccccc5)oc(c43)C2)cc1. The van der Waals surface area contributed by atoms with E-state index in [0.29, 0.717) is 5.76 Å². The van der Waals surface area contributed by atoms with Crippen molar-refractivity contribution in [3.8, 4) is 11.3 Å². The standard InChI is InChI=1S/C36H29NO3S/c1-25-17-19-31(20-18-25)41(38,39)37-23-30-21-29(26-11-5-2-6-12-26)22-32(27-13-7-3-8-14-27)35-34(30)33(24-37)40-36(35)28-15-9-4-10-16-28/h2-22,32H,23-24H2,1H3. The van der Waals surface area contributed by atoms with Crippen LogP contribution in [0.5, 0.6) is 0 Å². The third-order valence-electron chi connectivity index (χ3n) is 7.95. The van der Waals surface area contributed by atoms with E-state index in [2.05, 4.69) is 60.7 Å². The van der Waals surface area contributed by atoms with Crippen molar-refractivity contribution in [1.82, 2.24) is 4.31 Å². The molecule has 1 unspecified atom stereocenters. The van der Waals surface area contributed by atoms with E-state index in [1.165, 1.54) is 0 Å². The summed E-state index contributed by atoms with van der Waals surface area (Å²) in [7, 11) is -3.76. The van der Waals surface area contributed by atoms with Crippen LogP contribution in [-0.2, 0) is 16.6 Å². The fourth-order valence-corrected chi connectivity index (χ4v) is 7.30. The topological polar surface area (TPSA) is 50.5 Å². The van der Waals surface area contributed by atoms with Crippen LogP contribution >= 0.6 is 0 Å². The number of furan rings is 1. The minimum absolute atomic E-state index is 0.0804. The van der Waals surface area contributed by atoms with Gasteiger partial charge in [-0.3, -0.25) is 0 Å². The van der Waals surface area contributed by atoms with Crippen LogP contribution in [0.15, 0.2) is 137 Å². The lowest BCUT2D eigenvalue weighted by atomic mass is 9.84. The van der Waals surface area contributed by atoms with Crippen molar-refractivity contribution >= 4 is 21.2 Å². The molecule has 0 N–H and O–H groups in total. The molecule has 5 heteroatoms. The van der Waals surface area contributed by atoms with Gasteiger partial charge >= 0.3 is 0 Å². The Morgan fingerprint density at radius 2 is 1.34 bits per heavy atom. The number of benzene rings is 4. The van der Waals surface area contributed by atoms with Gasteiger partial charge in [0, 0.05) is 29.2 Å². The van der Waals surface area contributed by atoms with E-state index in [4.69, 9.17) is 4.42 Å². The Hall–Kier alpha value is -4.45. The number of aryl methyl sites for hydroxylation is 1. The molecule has 7 rings (SSSR count).